The van der Waals surface area contributed by atoms with Gasteiger partial charge in [0.05, 0.1) is 38.1 Å². The van der Waals surface area contributed by atoms with E-state index in [1.54, 1.807) is 43.5 Å². The lowest BCUT2D eigenvalue weighted by atomic mass is 10.0. The smallest absolute Gasteiger partial charge is 0.340 e. The van der Waals surface area contributed by atoms with Crippen LogP contribution in [0.15, 0.2) is 42.5 Å². The molecule has 0 aliphatic heterocycles. The molecule has 6 nitrogen and oxygen atoms in total. The summed E-state index contributed by atoms with van der Waals surface area (Å²) in [5, 5.41) is 3.09. The lowest BCUT2D eigenvalue weighted by molar-refractivity contribution is 0.0556. The van der Waals surface area contributed by atoms with Gasteiger partial charge in [-0.1, -0.05) is 6.07 Å². The van der Waals surface area contributed by atoms with Crippen LogP contribution in [0.3, 0.4) is 0 Å². The predicted molar refractivity (Wildman–Crippen MR) is 85.4 cm³/mol. The lowest BCUT2D eigenvalue weighted by Crippen LogP contribution is -2.14. The van der Waals surface area contributed by atoms with Gasteiger partial charge in [0.2, 0.25) is 0 Å². The number of methoxy groups -OCH3 is 3. The molecule has 0 fully saturated rings. The summed E-state index contributed by atoms with van der Waals surface area (Å²) in [4.78, 5) is 23.9. The zero-order valence-electron chi connectivity index (χ0n) is 13.1. The van der Waals surface area contributed by atoms with E-state index in [2.05, 4.69) is 5.32 Å². The quantitative estimate of drug-likeness (QED) is 0.855. The summed E-state index contributed by atoms with van der Waals surface area (Å²) in [6.07, 6.45) is 0. The first-order chi connectivity index (χ1) is 11.1. The fourth-order valence-corrected chi connectivity index (χ4v) is 2.09. The summed E-state index contributed by atoms with van der Waals surface area (Å²) in [5.41, 5.74) is 1.44. The molecule has 0 saturated carbocycles. The maximum absolute atomic E-state index is 12.1. The van der Waals surface area contributed by atoms with Crippen molar-refractivity contribution < 1.29 is 23.8 Å². The normalized spacial score (nSPS) is 9.87. The average molecular weight is 315 g/mol. The van der Waals surface area contributed by atoms with Gasteiger partial charge in [0.1, 0.15) is 5.75 Å². The van der Waals surface area contributed by atoms with E-state index >= 15 is 0 Å². The van der Waals surface area contributed by atoms with Crippen molar-refractivity contribution in [2.45, 2.75) is 0 Å². The highest BCUT2D eigenvalue weighted by Gasteiger charge is 2.22. The number of ether oxygens (including phenoxy) is 3. The Labute approximate surface area is 134 Å². The van der Waals surface area contributed by atoms with Crippen LogP contribution in [0.1, 0.15) is 20.7 Å². The summed E-state index contributed by atoms with van der Waals surface area (Å²) in [7, 11) is 4.10. The van der Waals surface area contributed by atoms with Gasteiger partial charge in [0.15, 0.2) is 0 Å². The van der Waals surface area contributed by atoms with E-state index in [1.807, 2.05) is 0 Å². The highest BCUT2D eigenvalue weighted by molar-refractivity contribution is 6.07. The van der Waals surface area contributed by atoms with Crippen LogP contribution in [0.4, 0.5) is 11.4 Å². The molecule has 120 valence electrons. The van der Waals surface area contributed by atoms with Crippen molar-refractivity contribution in [3.8, 4) is 5.75 Å². The van der Waals surface area contributed by atoms with Gasteiger partial charge in [-0.05, 0) is 36.4 Å². The number of carbonyl (C=O) groups excluding carboxylic acids is 2. The van der Waals surface area contributed by atoms with Gasteiger partial charge in [0, 0.05) is 5.69 Å². The van der Waals surface area contributed by atoms with Gasteiger partial charge in [0.25, 0.3) is 0 Å². The molecule has 2 rings (SSSR count). The zero-order valence-corrected chi connectivity index (χ0v) is 13.1. The minimum absolute atomic E-state index is 0.123. The number of anilines is 2. The van der Waals surface area contributed by atoms with E-state index in [0.29, 0.717) is 11.4 Å². The molecule has 0 spiro atoms. The predicted octanol–water partition coefficient (Wildman–Crippen LogP) is 3.01. The number of benzene rings is 2. The van der Waals surface area contributed by atoms with E-state index in [4.69, 9.17) is 14.2 Å². The second-order valence-corrected chi connectivity index (χ2v) is 4.56. The molecule has 0 aliphatic rings. The van der Waals surface area contributed by atoms with E-state index in [1.165, 1.54) is 20.3 Å². The molecule has 1 N–H and O–H groups in total. The Morgan fingerprint density at radius 1 is 0.870 bits per heavy atom. The molecule has 2 aromatic rings. The van der Waals surface area contributed by atoms with Crippen LogP contribution in [-0.4, -0.2) is 33.3 Å². The van der Waals surface area contributed by atoms with Crippen LogP contribution >= 0.6 is 0 Å². The molecular weight excluding hydrogens is 298 g/mol. The third-order valence-electron chi connectivity index (χ3n) is 3.23. The third-order valence-corrected chi connectivity index (χ3v) is 3.23. The van der Waals surface area contributed by atoms with Crippen molar-refractivity contribution in [2.24, 2.45) is 0 Å². The van der Waals surface area contributed by atoms with Gasteiger partial charge in [-0.3, -0.25) is 0 Å². The monoisotopic (exact) mass is 315 g/mol. The second-order valence-electron chi connectivity index (χ2n) is 4.56. The molecule has 0 radical (unpaired) electrons. The molecule has 0 saturated heterocycles. The van der Waals surface area contributed by atoms with Crippen LogP contribution in [0.2, 0.25) is 0 Å². The number of esters is 2. The average Bonchev–Trinajstić information content (AvgIpc) is 2.60. The Balaban J connectivity index is 2.44. The van der Waals surface area contributed by atoms with Crippen molar-refractivity contribution in [2.75, 3.05) is 26.6 Å². The maximum atomic E-state index is 12.1. The molecule has 0 unspecified atom stereocenters. The lowest BCUT2D eigenvalue weighted by Gasteiger charge is -2.14. The Bertz CT molecular complexity index is 709. The largest absolute Gasteiger partial charge is 0.497 e. The number of hydrogen-bond donors (Lipinski definition) is 1. The number of rotatable bonds is 5. The molecule has 6 heteroatoms. The van der Waals surface area contributed by atoms with Crippen LogP contribution in [0.25, 0.3) is 0 Å². The number of hydrogen-bond acceptors (Lipinski definition) is 6. The van der Waals surface area contributed by atoms with Crippen molar-refractivity contribution in [1.82, 2.24) is 0 Å². The SMILES string of the molecule is COC(=O)c1cccc(Nc2ccc(OC)cc2)c1C(=O)OC. The van der Waals surface area contributed by atoms with Crippen molar-refractivity contribution in [3.63, 3.8) is 0 Å². The van der Waals surface area contributed by atoms with Crippen molar-refractivity contribution in [1.29, 1.82) is 0 Å². The molecule has 0 heterocycles. The molecule has 2 aromatic carbocycles. The summed E-state index contributed by atoms with van der Waals surface area (Å²) >= 11 is 0. The van der Waals surface area contributed by atoms with E-state index < -0.39 is 11.9 Å². The highest BCUT2D eigenvalue weighted by atomic mass is 16.5. The first-order valence-electron chi connectivity index (χ1n) is 6.81. The summed E-state index contributed by atoms with van der Waals surface area (Å²) in [5.74, 6) is -0.516. The van der Waals surface area contributed by atoms with Crippen LogP contribution in [0.5, 0.6) is 5.75 Å². The minimum atomic E-state index is -0.623. The van der Waals surface area contributed by atoms with E-state index in [9.17, 15) is 9.59 Å². The van der Waals surface area contributed by atoms with Crippen LogP contribution < -0.4 is 10.1 Å². The first-order valence-corrected chi connectivity index (χ1v) is 6.81. The molecule has 0 bridgehead atoms. The Morgan fingerprint density at radius 3 is 2.09 bits per heavy atom. The fourth-order valence-electron chi connectivity index (χ4n) is 2.09. The molecule has 0 atom stereocenters. The molecule has 0 aromatic heterocycles. The second kappa shape index (κ2) is 7.31. The van der Waals surface area contributed by atoms with Crippen molar-refractivity contribution >= 4 is 23.3 Å². The number of nitrogens with one attached hydrogen (secondary N) is 1. The maximum Gasteiger partial charge on any atom is 0.340 e. The topological polar surface area (TPSA) is 73.9 Å². The molecular formula is C17H17NO5. The van der Waals surface area contributed by atoms with Gasteiger partial charge in [-0.15, -0.1) is 0 Å². The van der Waals surface area contributed by atoms with Gasteiger partial charge >= 0.3 is 11.9 Å². The minimum Gasteiger partial charge on any atom is -0.497 e. The Kier molecular flexibility index (Phi) is 5.19. The highest BCUT2D eigenvalue weighted by Crippen LogP contribution is 2.26. The van der Waals surface area contributed by atoms with E-state index in [-0.39, 0.29) is 11.1 Å². The zero-order chi connectivity index (χ0) is 16.8. The molecule has 0 amide bonds. The first kappa shape index (κ1) is 16.4. The Morgan fingerprint density at radius 2 is 1.52 bits per heavy atom. The van der Waals surface area contributed by atoms with Crippen LogP contribution in [-0.2, 0) is 9.47 Å². The fraction of sp³-hybridized carbons (Fsp3) is 0.176. The van der Waals surface area contributed by atoms with Crippen LogP contribution in [0, 0.1) is 0 Å². The van der Waals surface area contributed by atoms with Gasteiger partial charge in [-0.2, -0.15) is 0 Å². The van der Waals surface area contributed by atoms with Gasteiger partial charge < -0.3 is 19.5 Å². The molecule has 23 heavy (non-hydrogen) atoms. The van der Waals surface area contributed by atoms with Crippen molar-refractivity contribution in [3.05, 3.63) is 53.6 Å². The third kappa shape index (κ3) is 3.60. The summed E-state index contributed by atoms with van der Waals surface area (Å²) < 4.78 is 14.6. The van der Waals surface area contributed by atoms with Gasteiger partial charge in [-0.25, -0.2) is 9.59 Å². The standard InChI is InChI=1S/C17H17NO5/c1-21-12-9-7-11(8-10-12)18-14-6-4-5-13(16(19)22-2)15(14)17(20)23-3/h4-10,18H,1-3H3. The Hall–Kier alpha value is -3.02. The number of carbonyl (C=O) groups is 2. The van der Waals surface area contributed by atoms with E-state index in [0.717, 1.165) is 5.69 Å². The summed E-state index contributed by atoms with van der Waals surface area (Å²) in [6, 6.07) is 12.0. The molecule has 0 aliphatic carbocycles. The summed E-state index contributed by atoms with van der Waals surface area (Å²) in [6.45, 7) is 0.